The second-order valence-electron chi connectivity index (χ2n) is 4.37. The number of anilines is 1. The van der Waals surface area contributed by atoms with Crippen molar-refractivity contribution in [3.05, 3.63) is 40.1 Å². The number of nitrogens with two attached hydrogens (primary N) is 1. The molecule has 3 N–H and O–H groups in total. The number of aryl methyl sites for hydroxylation is 1. The molecule has 1 aromatic heterocycles. The lowest BCUT2D eigenvalue weighted by molar-refractivity contribution is 0.802. The summed E-state index contributed by atoms with van der Waals surface area (Å²) < 4.78 is 1.06. The van der Waals surface area contributed by atoms with Crippen molar-refractivity contribution in [1.29, 1.82) is 0 Å². The topological polar surface area (TPSA) is 63.8 Å². The molecule has 2 rings (SSSR count). The fourth-order valence-electron chi connectivity index (χ4n) is 1.76. The maximum Gasteiger partial charge on any atom is 0.147 e. The minimum absolute atomic E-state index is 0.695. The second kappa shape index (κ2) is 7.06. The molecule has 0 aliphatic rings. The summed E-state index contributed by atoms with van der Waals surface area (Å²) in [6, 6.07) is 8.15. The smallest absolute Gasteiger partial charge is 0.147 e. The Hall–Kier alpha value is -1.11. The zero-order chi connectivity index (χ0) is 14.5. The predicted octanol–water partition coefficient (Wildman–Crippen LogP) is 3.94. The number of rotatable bonds is 5. The lowest BCUT2D eigenvalue weighted by Gasteiger charge is -2.11. The van der Waals surface area contributed by atoms with E-state index in [9.17, 15) is 0 Å². The van der Waals surface area contributed by atoms with Crippen LogP contribution in [0, 0.1) is 6.92 Å². The van der Waals surface area contributed by atoms with Crippen LogP contribution in [-0.4, -0.2) is 9.97 Å². The number of nitrogens with one attached hydrogen (secondary N) is 1. The average molecular weight is 353 g/mol. The fraction of sp³-hybridized carbons (Fsp3) is 0.286. The Bertz CT molecular complexity index is 604. The van der Waals surface area contributed by atoms with Crippen molar-refractivity contribution in [3.63, 3.8) is 0 Å². The van der Waals surface area contributed by atoms with Gasteiger partial charge in [0.05, 0.1) is 0 Å². The van der Waals surface area contributed by atoms with E-state index in [1.54, 1.807) is 11.8 Å². The van der Waals surface area contributed by atoms with Gasteiger partial charge in [-0.3, -0.25) is 0 Å². The molecule has 0 fully saturated rings. The predicted molar refractivity (Wildman–Crippen MR) is 86.8 cm³/mol. The fourth-order valence-corrected chi connectivity index (χ4v) is 3.27. The zero-order valence-electron chi connectivity index (χ0n) is 11.5. The van der Waals surface area contributed by atoms with Crippen LogP contribution in [0.2, 0.25) is 0 Å². The summed E-state index contributed by atoms with van der Waals surface area (Å²) >= 11 is 5.10. The Balaban J connectivity index is 2.36. The molecule has 0 amide bonds. The molecule has 6 heteroatoms. The molecule has 1 heterocycles. The van der Waals surface area contributed by atoms with Crippen molar-refractivity contribution in [2.24, 2.45) is 5.84 Å². The van der Waals surface area contributed by atoms with Crippen molar-refractivity contribution in [3.8, 4) is 0 Å². The van der Waals surface area contributed by atoms with Crippen LogP contribution in [0.15, 0.2) is 38.7 Å². The number of benzene rings is 1. The van der Waals surface area contributed by atoms with Crippen LogP contribution in [-0.2, 0) is 6.42 Å². The third-order valence-corrected chi connectivity index (χ3v) is 4.34. The van der Waals surface area contributed by atoms with Gasteiger partial charge < -0.3 is 5.43 Å². The highest BCUT2D eigenvalue weighted by atomic mass is 79.9. The van der Waals surface area contributed by atoms with Crippen LogP contribution in [0.1, 0.15) is 24.7 Å². The van der Waals surface area contributed by atoms with Gasteiger partial charge in [-0.1, -0.05) is 40.7 Å². The maximum atomic E-state index is 5.55. The molecule has 0 spiro atoms. The van der Waals surface area contributed by atoms with Crippen LogP contribution < -0.4 is 11.3 Å². The molecule has 0 saturated carbocycles. The normalized spacial score (nSPS) is 10.6. The Morgan fingerprint density at radius 1 is 1.35 bits per heavy atom. The number of nitrogens with zero attached hydrogens (tertiary/aromatic N) is 2. The summed E-state index contributed by atoms with van der Waals surface area (Å²) in [5.74, 6) is 7.06. The molecule has 20 heavy (non-hydrogen) atoms. The van der Waals surface area contributed by atoms with Crippen molar-refractivity contribution < 1.29 is 0 Å². The quantitative estimate of drug-likeness (QED) is 0.484. The standard InChI is InChI=1S/C14H17BrN4S/c1-3-5-12-17-13(19-16)9(2)14(18-12)20-11-7-4-6-10(15)8-11/h4,6-8H,3,5,16H2,1-2H3,(H,17,18,19). The first-order chi connectivity index (χ1) is 9.63. The van der Waals surface area contributed by atoms with Gasteiger partial charge in [0, 0.05) is 21.4 Å². The molecule has 2 aromatic rings. The first-order valence-corrected chi connectivity index (χ1v) is 8.02. The second-order valence-corrected chi connectivity index (χ2v) is 6.35. The van der Waals surface area contributed by atoms with Gasteiger partial charge in [0.25, 0.3) is 0 Å². The molecule has 1 aromatic carbocycles. The molecule has 0 saturated heterocycles. The van der Waals surface area contributed by atoms with Gasteiger partial charge in [-0.15, -0.1) is 0 Å². The van der Waals surface area contributed by atoms with Gasteiger partial charge >= 0.3 is 0 Å². The summed E-state index contributed by atoms with van der Waals surface area (Å²) in [6.45, 7) is 4.09. The third-order valence-electron chi connectivity index (χ3n) is 2.77. The number of halogens is 1. The maximum absolute atomic E-state index is 5.55. The summed E-state index contributed by atoms with van der Waals surface area (Å²) in [7, 11) is 0. The minimum atomic E-state index is 0.695. The number of hydrogen-bond donors (Lipinski definition) is 2. The average Bonchev–Trinajstić information content (AvgIpc) is 2.42. The van der Waals surface area contributed by atoms with Gasteiger partial charge in [-0.05, 0) is 31.5 Å². The first-order valence-electron chi connectivity index (χ1n) is 6.41. The van der Waals surface area contributed by atoms with E-state index in [-0.39, 0.29) is 0 Å². The van der Waals surface area contributed by atoms with E-state index < -0.39 is 0 Å². The van der Waals surface area contributed by atoms with E-state index in [2.05, 4.69) is 50.4 Å². The number of hydrogen-bond acceptors (Lipinski definition) is 5. The Kier molecular flexibility index (Phi) is 5.39. The largest absolute Gasteiger partial charge is 0.308 e. The van der Waals surface area contributed by atoms with Gasteiger partial charge in [-0.25, -0.2) is 15.8 Å². The van der Waals surface area contributed by atoms with E-state index in [1.165, 1.54) is 0 Å². The van der Waals surface area contributed by atoms with Crippen molar-refractivity contribution in [2.45, 2.75) is 36.6 Å². The molecule has 0 aliphatic carbocycles. The minimum Gasteiger partial charge on any atom is -0.308 e. The van der Waals surface area contributed by atoms with E-state index in [0.717, 1.165) is 38.6 Å². The summed E-state index contributed by atoms with van der Waals surface area (Å²) in [4.78, 5) is 10.2. The van der Waals surface area contributed by atoms with Gasteiger partial charge in [-0.2, -0.15) is 0 Å². The summed E-state index contributed by atoms with van der Waals surface area (Å²) in [5.41, 5.74) is 3.63. The lowest BCUT2D eigenvalue weighted by atomic mass is 10.3. The summed E-state index contributed by atoms with van der Waals surface area (Å²) in [6.07, 6.45) is 1.86. The zero-order valence-corrected chi connectivity index (χ0v) is 13.9. The van der Waals surface area contributed by atoms with Crippen LogP contribution >= 0.6 is 27.7 Å². The summed E-state index contributed by atoms with van der Waals surface area (Å²) in [5, 5.41) is 0.939. The van der Waals surface area contributed by atoms with E-state index in [0.29, 0.717) is 5.82 Å². The first kappa shape index (κ1) is 15.3. The SMILES string of the molecule is CCCc1nc(NN)c(C)c(Sc2cccc(Br)c2)n1. The molecule has 4 nitrogen and oxygen atoms in total. The van der Waals surface area contributed by atoms with E-state index >= 15 is 0 Å². The molecular weight excluding hydrogens is 336 g/mol. The van der Waals surface area contributed by atoms with E-state index in [1.807, 2.05) is 19.1 Å². The van der Waals surface area contributed by atoms with Crippen LogP contribution in [0.3, 0.4) is 0 Å². The van der Waals surface area contributed by atoms with E-state index in [4.69, 9.17) is 5.84 Å². The van der Waals surface area contributed by atoms with Crippen LogP contribution in [0.4, 0.5) is 5.82 Å². The van der Waals surface area contributed by atoms with Gasteiger partial charge in [0.2, 0.25) is 0 Å². The highest BCUT2D eigenvalue weighted by Gasteiger charge is 2.11. The van der Waals surface area contributed by atoms with Gasteiger partial charge in [0.1, 0.15) is 16.7 Å². The number of nitrogen functional groups attached to an aromatic ring is 1. The van der Waals surface area contributed by atoms with Gasteiger partial charge in [0.15, 0.2) is 0 Å². The molecule has 0 aliphatic heterocycles. The molecule has 0 unspecified atom stereocenters. The van der Waals surface area contributed by atoms with Crippen LogP contribution in [0.25, 0.3) is 0 Å². The lowest BCUT2D eigenvalue weighted by Crippen LogP contribution is -2.13. The molecule has 106 valence electrons. The van der Waals surface area contributed by atoms with Crippen LogP contribution in [0.5, 0.6) is 0 Å². The molecule has 0 radical (unpaired) electrons. The highest BCUT2D eigenvalue weighted by molar-refractivity contribution is 9.10. The Morgan fingerprint density at radius 3 is 2.80 bits per heavy atom. The molecular formula is C14H17BrN4S. The Morgan fingerprint density at radius 2 is 2.15 bits per heavy atom. The number of aromatic nitrogens is 2. The highest BCUT2D eigenvalue weighted by Crippen LogP contribution is 2.32. The van der Waals surface area contributed by atoms with Crippen molar-refractivity contribution in [2.75, 3.05) is 5.43 Å². The molecule has 0 bridgehead atoms. The van der Waals surface area contributed by atoms with Crippen molar-refractivity contribution >= 4 is 33.5 Å². The van der Waals surface area contributed by atoms with Crippen molar-refractivity contribution in [1.82, 2.24) is 9.97 Å². The third kappa shape index (κ3) is 3.71. The molecule has 0 atom stereocenters. The Labute approximate surface area is 131 Å². The monoisotopic (exact) mass is 352 g/mol. The number of hydrazine groups is 1.